The quantitative estimate of drug-likeness (QED) is 0.481. The summed E-state index contributed by atoms with van der Waals surface area (Å²) in [7, 11) is 0. The van der Waals surface area contributed by atoms with E-state index in [2.05, 4.69) is 0 Å². The third-order valence-electron chi connectivity index (χ3n) is 3.09. The molecule has 0 radical (unpaired) electrons. The Hall–Kier alpha value is -1.10. The molecular weight excluding hydrogens is 246 g/mol. The van der Waals surface area contributed by atoms with Crippen LogP contribution in [0.15, 0.2) is 0 Å². The molecule has 2 N–H and O–H groups in total. The van der Waals surface area contributed by atoms with Crippen molar-refractivity contribution in [3.8, 4) is 0 Å². The zero-order valence-electron chi connectivity index (χ0n) is 12.1. The molecule has 0 spiro atoms. The Balaban J connectivity index is 2.31. The highest BCUT2D eigenvalue weighted by Crippen LogP contribution is 2.26. The molecule has 1 rings (SSSR count). The highest BCUT2D eigenvalue weighted by Gasteiger charge is 2.25. The number of hydrogen-bond acceptors (Lipinski definition) is 5. The largest absolute Gasteiger partial charge is 0.460 e. The van der Waals surface area contributed by atoms with Crippen LogP contribution in [0.25, 0.3) is 0 Å². The van der Waals surface area contributed by atoms with Crippen LogP contribution < -0.4 is 5.73 Å². The van der Waals surface area contributed by atoms with Crippen molar-refractivity contribution in [3.05, 3.63) is 0 Å². The van der Waals surface area contributed by atoms with Gasteiger partial charge in [0.25, 0.3) is 0 Å². The maximum absolute atomic E-state index is 11.6. The molecule has 5 nitrogen and oxygen atoms in total. The molecule has 1 aliphatic rings. The molecule has 0 amide bonds. The summed E-state index contributed by atoms with van der Waals surface area (Å²) in [5, 5.41) is 0. The lowest BCUT2D eigenvalue weighted by molar-refractivity contribution is -0.165. The topological polar surface area (TPSA) is 78.6 Å². The van der Waals surface area contributed by atoms with Gasteiger partial charge in [0.2, 0.25) is 0 Å². The second kappa shape index (κ2) is 6.89. The number of esters is 2. The van der Waals surface area contributed by atoms with E-state index in [-0.39, 0.29) is 12.3 Å². The van der Waals surface area contributed by atoms with Crippen LogP contribution >= 0.6 is 0 Å². The van der Waals surface area contributed by atoms with Crippen LogP contribution in [0.1, 0.15) is 59.3 Å². The second-order valence-corrected chi connectivity index (χ2v) is 6.12. The molecule has 0 heterocycles. The minimum Gasteiger partial charge on any atom is -0.460 e. The van der Waals surface area contributed by atoms with Crippen molar-refractivity contribution in [2.75, 3.05) is 0 Å². The first-order valence-electron chi connectivity index (χ1n) is 6.95. The predicted molar refractivity (Wildman–Crippen MR) is 71.1 cm³/mol. The van der Waals surface area contributed by atoms with Gasteiger partial charge in [0, 0.05) is 5.92 Å². The maximum atomic E-state index is 11.6. The fourth-order valence-electron chi connectivity index (χ4n) is 2.25. The van der Waals surface area contributed by atoms with Crippen molar-refractivity contribution < 1.29 is 19.1 Å². The Bertz CT molecular complexity index is 316. The minimum atomic E-state index is -0.604. The van der Waals surface area contributed by atoms with Gasteiger partial charge in [-0.3, -0.25) is 15.3 Å². The fraction of sp³-hybridized carbons (Fsp3) is 0.857. The summed E-state index contributed by atoms with van der Waals surface area (Å²) in [6.45, 7) is 5.26. The Kier molecular flexibility index (Phi) is 5.79. The number of hydrogen-bond donors (Lipinski definition) is 1. The van der Waals surface area contributed by atoms with E-state index in [9.17, 15) is 9.59 Å². The van der Waals surface area contributed by atoms with Gasteiger partial charge >= 0.3 is 11.9 Å². The first kappa shape index (κ1) is 16.0. The first-order chi connectivity index (χ1) is 8.78. The van der Waals surface area contributed by atoms with E-state index in [1.807, 2.05) is 0 Å². The first-order valence-corrected chi connectivity index (χ1v) is 6.95. The number of rotatable bonds is 4. The lowest BCUT2D eigenvalue weighted by atomic mass is 9.88. The standard InChI is InChI=1S/C14H25NO4/c1-14(2,3)19-12(17)9-11(16)18-13(15)10-7-5-4-6-8-10/h10,13H,4-9,15H2,1-3H3/t13-/m0/s1. The van der Waals surface area contributed by atoms with Crippen LogP contribution in [0.5, 0.6) is 0 Å². The van der Waals surface area contributed by atoms with Crippen LogP contribution in [0.3, 0.4) is 0 Å². The van der Waals surface area contributed by atoms with E-state index in [0.29, 0.717) is 0 Å². The smallest absolute Gasteiger partial charge is 0.318 e. The summed E-state index contributed by atoms with van der Waals surface area (Å²) in [6, 6.07) is 0. The Morgan fingerprint density at radius 2 is 1.74 bits per heavy atom. The summed E-state index contributed by atoms with van der Waals surface area (Å²) in [5.41, 5.74) is 5.26. The average Bonchev–Trinajstić information content (AvgIpc) is 2.27. The minimum absolute atomic E-state index is 0.219. The predicted octanol–water partition coefficient (Wildman–Crippen LogP) is 2.13. The van der Waals surface area contributed by atoms with Crippen LogP contribution in [0, 0.1) is 5.92 Å². The Morgan fingerprint density at radius 1 is 1.16 bits per heavy atom. The molecule has 0 unspecified atom stereocenters. The molecule has 19 heavy (non-hydrogen) atoms. The maximum Gasteiger partial charge on any atom is 0.318 e. The summed E-state index contributed by atoms with van der Waals surface area (Å²) in [6.07, 6.45) is 4.47. The SMILES string of the molecule is CC(C)(C)OC(=O)CC(=O)O[C@H](N)C1CCCCC1. The highest BCUT2D eigenvalue weighted by molar-refractivity contribution is 5.91. The van der Waals surface area contributed by atoms with Crippen molar-refractivity contribution in [1.29, 1.82) is 0 Å². The van der Waals surface area contributed by atoms with E-state index in [1.54, 1.807) is 20.8 Å². The van der Waals surface area contributed by atoms with Crippen molar-refractivity contribution in [2.45, 2.75) is 71.1 Å². The van der Waals surface area contributed by atoms with Crippen LogP contribution in [-0.2, 0) is 19.1 Å². The van der Waals surface area contributed by atoms with Crippen LogP contribution in [0.2, 0.25) is 0 Å². The van der Waals surface area contributed by atoms with E-state index in [0.717, 1.165) is 25.7 Å². The van der Waals surface area contributed by atoms with Crippen molar-refractivity contribution in [1.82, 2.24) is 0 Å². The van der Waals surface area contributed by atoms with Crippen LogP contribution in [-0.4, -0.2) is 23.8 Å². The molecule has 0 aromatic rings. The van der Waals surface area contributed by atoms with Gasteiger partial charge < -0.3 is 9.47 Å². The molecule has 110 valence electrons. The molecule has 1 fully saturated rings. The molecule has 0 aromatic carbocycles. The summed E-state index contributed by atoms with van der Waals surface area (Å²) in [4.78, 5) is 23.1. The van der Waals surface area contributed by atoms with E-state index >= 15 is 0 Å². The molecule has 1 aliphatic carbocycles. The molecule has 0 aliphatic heterocycles. The highest BCUT2D eigenvalue weighted by atomic mass is 16.6. The summed E-state index contributed by atoms with van der Waals surface area (Å²) >= 11 is 0. The third kappa shape index (κ3) is 6.57. The van der Waals surface area contributed by atoms with Gasteiger partial charge in [-0.05, 0) is 33.6 Å². The number of ether oxygens (including phenoxy) is 2. The Morgan fingerprint density at radius 3 is 2.26 bits per heavy atom. The van der Waals surface area contributed by atoms with Gasteiger partial charge in [0.15, 0.2) is 6.23 Å². The number of carbonyl (C=O) groups excluding carboxylic acids is 2. The Labute approximate surface area is 114 Å². The zero-order chi connectivity index (χ0) is 14.5. The molecule has 0 aromatic heterocycles. The molecule has 5 heteroatoms. The van der Waals surface area contributed by atoms with Crippen molar-refractivity contribution >= 4 is 11.9 Å². The van der Waals surface area contributed by atoms with Crippen molar-refractivity contribution in [2.24, 2.45) is 11.7 Å². The summed E-state index contributed by atoms with van der Waals surface area (Å²) in [5.74, 6) is -0.961. The fourth-order valence-corrected chi connectivity index (χ4v) is 2.25. The van der Waals surface area contributed by atoms with E-state index in [1.165, 1.54) is 6.42 Å². The van der Waals surface area contributed by atoms with Crippen LogP contribution in [0.4, 0.5) is 0 Å². The van der Waals surface area contributed by atoms with E-state index in [4.69, 9.17) is 15.2 Å². The van der Waals surface area contributed by atoms with Gasteiger partial charge in [-0.1, -0.05) is 19.3 Å². The molecule has 0 saturated heterocycles. The lowest BCUT2D eigenvalue weighted by Crippen LogP contribution is -2.37. The van der Waals surface area contributed by atoms with Gasteiger partial charge in [-0.25, -0.2) is 0 Å². The molecular formula is C14H25NO4. The average molecular weight is 271 g/mol. The molecule has 0 bridgehead atoms. The third-order valence-corrected chi connectivity index (χ3v) is 3.09. The van der Waals surface area contributed by atoms with Gasteiger partial charge in [-0.2, -0.15) is 0 Å². The summed E-state index contributed by atoms with van der Waals surface area (Å²) < 4.78 is 10.2. The monoisotopic (exact) mass is 271 g/mol. The zero-order valence-corrected chi connectivity index (χ0v) is 12.1. The van der Waals surface area contributed by atoms with E-state index < -0.39 is 23.8 Å². The normalized spacial score (nSPS) is 18.7. The lowest BCUT2D eigenvalue weighted by Gasteiger charge is -2.27. The van der Waals surface area contributed by atoms with Crippen molar-refractivity contribution in [3.63, 3.8) is 0 Å². The molecule has 1 atom stereocenters. The van der Waals surface area contributed by atoms with Gasteiger partial charge in [0.05, 0.1) is 0 Å². The number of nitrogens with two attached hydrogens (primary N) is 1. The molecule has 1 saturated carbocycles. The second-order valence-electron chi connectivity index (χ2n) is 6.12. The van der Waals surface area contributed by atoms with Gasteiger partial charge in [0.1, 0.15) is 12.0 Å². The van der Waals surface area contributed by atoms with Gasteiger partial charge in [-0.15, -0.1) is 0 Å². The number of carbonyl (C=O) groups is 2.